The number of fused-ring (bicyclic) bond motifs is 3. The molecule has 8 nitrogen and oxygen atoms in total. The zero-order valence-electron chi connectivity index (χ0n) is 16.9. The third-order valence-electron chi connectivity index (χ3n) is 6.09. The first-order valence-corrected chi connectivity index (χ1v) is 11.8. The second-order valence-corrected chi connectivity index (χ2v) is 9.24. The highest BCUT2D eigenvalue weighted by atomic mass is 32.2. The van der Waals surface area contributed by atoms with Crippen LogP contribution >= 0.6 is 0 Å². The largest absolute Gasteiger partial charge is 0.345 e. The van der Waals surface area contributed by atoms with Crippen LogP contribution in [-0.4, -0.2) is 45.6 Å². The van der Waals surface area contributed by atoms with Crippen molar-refractivity contribution in [2.24, 2.45) is 5.92 Å². The summed E-state index contributed by atoms with van der Waals surface area (Å²) in [5, 5.41) is 8.90. The number of pyridine rings is 1. The van der Waals surface area contributed by atoms with Crippen LogP contribution in [0.3, 0.4) is 0 Å². The van der Waals surface area contributed by atoms with E-state index < -0.39 is 11.0 Å². The highest BCUT2D eigenvalue weighted by Crippen LogP contribution is 2.41. The van der Waals surface area contributed by atoms with E-state index in [0.717, 1.165) is 47.6 Å². The van der Waals surface area contributed by atoms with Crippen LogP contribution in [0, 0.1) is 5.92 Å². The molecule has 0 amide bonds. The van der Waals surface area contributed by atoms with Gasteiger partial charge in [0.1, 0.15) is 5.82 Å². The number of nitrogens with zero attached hydrogens (tertiary/aromatic N) is 5. The van der Waals surface area contributed by atoms with E-state index in [4.69, 9.17) is 0 Å². The smallest absolute Gasteiger partial charge is 0.179 e. The summed E-state index contributed by atoms with van der Waals surface area (Å²) in [6.45, 7) is 2.22. The molecule has 4 aromatic heterocycles. The van der Waals surface area contributed by atoms with Crippen LogP contribution < -0.4 is 4.72 Å². The van der Waals surface area contributed by atoms with Gasteiger partial charge in [0.15, 0.2) is 11.3 Å². The van der Waals surface area contributed by atoms with Crippen LogP contribution in [0.5, 0.6) is 0 Å². The average molecular weight is 424 g/mol. The standard InChI is InChI=1S/C21H25N7OS/c1-2-14-11-16(27-30(29)10-7-15-5-3-4-8-22-15)12-17(14)21-26-25-19-13-24-20-18(28(19)21)6-9-23-20/h3-6,8-9,13-14,16-17,23,27H,2,7,10-12H2,1H3. The third kappa shape index (κ3) is 3.63. The molecule has 0 aliphatic heterocycles. The predicted octanol–water partition coefficient (Wildman–Crippen LogP) is 2.77. The molecule has 4 heterocycles. The molecule has 0 radical (unpaired) electrons. The Labute approximate surface area is 177 Å². The summed E-state index contributed by atoms with van der Waals surface area (Å²) >= 11 is 0. The lowest BCUT2D eigenvalue weighted by Crippen LogP contribution is -2.30. The number of hydrogen-bond donors (Lipinski definition) is 2. The molecule has 30 heavy (non-hydrogen) atoms. The average Bonchev–Trinajstić information content (AvgIpc) is 3.49. The second kappa shape index (κ2) is 8.23. The highest BCUT2D eigenvalue weighted by Gasteiger charge is 2.37. The van der Waals surface area contributed by atoms with Crippen LogP contribution in [0.4, 0.5) is 0 Å². The zero-order valence-corrected chi connectivity index (χ0v) is 17.7. The van der Waals surface area contributed by atoms with Crippen molar-refractivity contribution in [2.45, 2.75) is 44.6 Å². The molecule has 5 rings (SSSR count). The topological polar surface area (TPSA) is 101 Å². The van der Waals surface area contributed by atoms with Gasteiger partial charge in [-0.3, -0.25) is 9.38 Å². The summed E-state index contributed by atoms with van der Waals surface area (Å²) in [7, 11) is -1.08. The van der Waals surface area contributed by atoms with Gasteiger partial charge in [-0.1, -0.05) is 19.4 Å². The molecule has 1 fully saturated rings. The second-order valence-electron chi connectivity index (χ2n) is 7.90. The number of nitrogens with one attached hydrogen (secondary N) is 2. The Balaban J connectivity index is 1.32. The number of aromatic amines is 1. The minimum Gasteiger partial charge on any atom is -0.345 e. The molecule has 2 N–H and O–H groups in total. The Kier molecular flexibility index (Phi) is 5.30. The third-order valence-corrected chi connectivity index (χ3v) is 7.26. The van der Waals surface area contributed by atoms with Crippen molar-refractivity contribution in [3.63, 3.8) is 0 Å². The fourth-order valence-electron chi connectivity index (χ4n) is 4.61. The molecule has 4 unspecified atom stereocenters. The van der Waals surface area contributed by atoms with E-state index in [1.807, 2.05) is 30.5 Å². The summed E-state index contributed by atoms with van der Waals surface area (Å²) in [6, 6.07) is 8.06. The zero-order chi connectivity index (χ0) is 20.5. The van der Waals surface area contributed by atoms with Gasteiger partial charge in [0.25, 0.3) is 0 Å². The molecule has 9 heteroatoms. The van der Waals surface area contributed by atoms with Gasteiger partial charge in [0.05, 0.1) is 22.7 Å². The molecule has 0 spiro atoms. The molecule has 1 aliphatic rings. The van der Waals surface area contributed by atoms with Gasteiger partial charge in [-0.05, 0) is 37.0 Å². The maximum Gasteiger partial charge on any atom is 0.179 e. The Morgan fingerprint density at radius 2 is 2.17 bits per heavy atom. The fourth-order valence-corrected chi connectivity index (χ4v) is 5.69. The molecule has 1 saturated carbocycles. The molecule has 0 saturated heterocycles. The van der Waals surface area contributed by atoms with Crippen molar-refractivity contribution in [1.29, 1.82) is 0 Å². The molecule has 0 bridgehead atoms. The summed E-state index contributed by atoms with van der Waals surface area (Å²) in [4.78, 5) is 11.9. The first-order valence-electron chi connectivity index (χ1n) is 10.4. The number of hydrogen-bond acceptors (Lipinski definition) is 5. The Morgan fingerprint density at radius 3 is 3.00 bits per heavy atom. The summed E-state index contributed by atoms with van der Waals surface area (Å²) in [6.07, 6.45) is 9.09. The van der Waals surface area contributed by atoms with Crippen LogP contribution in [0.2, 0.25) is 0 Å². The Hall–Kier alpha value is -2.65. The quantitative estimate of drug-likeness (QED) is 0.476. The van der Waals surface area contributed by atoms with E-state index in [1.54, 1.807) is 12.4 Å². The predicted molar refractivity (Wildman–Crippen MR) is 116 cm³/mol. The lowest BCUT2D eigenvalue weighted by molar-refractivity contribution is 0.449. The van der Waals surface area contributed by atoms with E-state index in [2.05, 4.69) is 41.2 Å². The first kappa shape index (κ1) is 19.3. The van der Waals surface area contributed by atoms with Crippen LogP contribution in [-0.2, 0) is 17.4 Å². The minimum atomic E-state index is -1.08. The van der Waals surface area contributed by atoms with Crippen molar-refractivity contribution in [2.75, 3.05) is 5.75 Å². The highest BCUT2D eigenvalue weighted by molar-refractivity contribution is 7.83. The lowest BCUT2D eigenvalue weighted by atomic mass is 9.93. The molecule has 156 valence electrons. The van der Waals surface area contributed by atoms with E-state index in [1.165, 1.54) is 0 Å². The van der Waals surface area contributed by atoms with Gasteiger partial charge in [0.2, 0.25) is 0 Å². The maximum atomic E-state index is 12.6. The van der Waals surface area contributed by atoms with E-state index >= 15 is 0 Å². The number of rotatable bonds is 7. The van der Waals surface area contributed by atoms with Crippen LogP contribution in [0.25, 0.3) is 16.8 Å². The lowest BCUT2D eigenvalue weighted by Gasteiger charge is -2.16. The van der Waals surface area contributed by atoms with Crippen molar-refractivity contribution < 1.29 is 4.21 Å². The molecular weight excluding hydrogens is 398 g/mol. The van der Waals surface area contributed by atoms with Crippen LogP contribution in [0.15, 0.2) is 42.9 Å². The van der Waals surface area contributed by atoms with E-state index in [0.29, 0.717) is 18.1 Å². The summed E-state index contributed by atoms with van der Waals surface area (Å²) < 4.78 is 18.1. The van der Waals surface area contributed by atoms with E-state index in [-0.39, 0.29) is 12.0 Å². The number of H-pyrrole nitrogens is 1. The molecule has 0 aromatic carbocycles. The van der Waals surface area contributed by atoms with E-state index in [9.17, 15) is 4.21 Å². The number of aromatic nitrogens is 6. The molecule has 4 atom stereocenters. The van der Waals surface area contributed by atoms with Gasteiger partial charge >= 0.3 is 0 Å². The van der Waals surface area contributed by atoms with Crippen molar-refractivity contribution in [3.8, 4) is 0 Å². The normalized spacial score (nSPS) is 22.8. The monoisotopic (exact) mass is 423 g/mol. The summed E-state index contributed by atoms with van der Waals surface area (Å²) in [5.41, 5.74) is 3.57. The van der Waals surface area contributed by atoms with Gasteiger partial charge in [-0.25, -0.2) is 13.9 Å². The van der Waals surface area contributed by atoms with Crippen molar-refractivity contribution >= 4 is 27.8 Å². The number of aryl methyl sites for hydroxylation is 1. The SMILES string of the molecule is CCC1CC(NS(=O)CCc2ccccn2)CC1c1nnc2cnc3[nH]ccc3n12. The summed E-state index contributed by atoms with van der Waals surface area (Å²) in [5.74, 6) is 2.30. The van der Waals surface area contributed by atoms with Gasteiger partial charge in [0, 0.05) is 42.2 Å². The van der Waals surface area contributed by atoms with Crippen molar-refractivity contribution in [1.82, 2.24) is 34.3 Å². The molecule has 4 aromatic rings. The van der Waals surface area contributed by atoms with Crippen molar-refractivity contribution in [3.05, 3.63) is 54.4 Å². The molecular formula is C21H25N7OS. The minimum absolute atomic E-state index is 0.209. The van der Waals surface area contributed by atoms with Gasteiger partial charge in [-0.2, -0.15) is 0 Å². The van der Waals surface area contributed by atoms with Crippen LogP contribution in [0.1, 0.15) is 43.6 Å². The maximum absolute atomic E-state index is 12.6. The fraction of sp³-hybridized carbons (Fsp3) is 0.429. The van der Waals surface area contributed by atoms with Gasteiger partial charge < -0.3 is 4.98 Å². The Bertz CT molecular complexity index is 1170. The molecule has 1 aliphatic carbocycles. The first-order chi connectivity index (χ1) is 14.7. The van der Waals surface area contributed by atoms with Gasteiger partial charge in [-0.15, -0.1) is 10.2 Å². The Morgan fingerprint density at radius 1 is 1.23 bits per heavy atom.